The number of aromatic amines is 1. The third-order valence-electron chi connectivity index (χ3n) is 4.22. The van der Waals surface area contributed by atoms with Crippen LogP contribution in [0.1, 0.15) is 54.1 Å². The lowest BCUT2D eigenvalue weighted by Crippen LogP contribution is -2.06. The van der Waals surface area contributed by atoms with Crippen molar-refractivity contribution in [1.82, 2.24) is 4.98 Å². The molecule has 3 heteroatoms. The van der Waals surface area contributed by atoms with Gasteiger partial charge in [0.1, 0.15) is 5.75 Å². The number of ether oxygens (including phenoxy) is 1. The molecule has 2 aromatic rings. The third-order valence-corrected chi connectivity index (χ3v) is 4.22. The minimum Gasteiger partial charge on any atom is -0.495 e. The monoisotopic (exact) mass is 257 g/mol. The van der Waals surface area contributed by atoms with Gasteiger partial charge in [-0.05, 0) is 24.8 Å². The van der Waals surface area contributed by atoms with Crippen LogP contribution < -0.4 is 4.74 Å². The molecule has 1 aliphatic rings. The number of rotatable bonds is 3. The van der Waals surface area contributed by atoms with Gasteiger partial charge < -0.3 is 9.72 Å². The summed E-state index contributed by atoms with van der Waals surface area (Å²) in [5, 5.41) is 0.981. The first-order valence-corrected chi connectivity index (χ1v) is 6.99. The van der Waals surface area contributed by atoms with Gasteiger partial charge in [-0.15, -0.1) is 0 Å². The van der Waals surface area contributed by atoms with Crippen LogP contribution in [0.4, 0.5) is 0 Å². The summed E-state index contributed by atoms with van der Waals surface area (Å²) in [5.41, 5.74) is 2.88. The smallest absolute Gasteiger partial charge is 0.152 e. The van der Waals surface area contributed by atoms with Gasteiger partial charge in [-0.2, -0.15) is 0 Å². The Morgan fingerprint density at radius 1 is 1.26 bits per heavy atom. The second kappa shape index (κ2) is 5.08. The molecule has 19 heavy (non-hydrogen) atoms. The average Bonchev–Trinajstić information content (AvgIpc) is 2.86. The van der Waals surface area contributed by atoms with Crippen molar-refractivity contribution in [2.75, 3.05) is 7.11 Å². The molecule has 1 aliphatic carbocycles. The van der Waals surface area contributed by atoms with Gasteiger partial charge in [0, 0.05) is 16.6 Å². The molecule has 1 N–H and O–H groups in total. The van der Waals surface area contributed by atoms with Crippen molar-refractivity contribution in [2.45, 2.75) is 38.0 Å². The Morgan fingerprint density at radius 3 is 2.74 bits per heavy atom. The summed E-state index contributed by atoms with van der Waals surface area (Å²) >= 11 is 0. The topological polar surface area (TPSA) is 42.1 Å². The average molecular weight is 257 g/mol. The van der Waals surface area contributed by atoms with Gasteiger partial charge in [0.15, 0.2) is 6.29 Å². The molecule has 1 saturated carbocycles. The highest BCUT2D eigenvalue weighted by molar-refractivity contribution is 6.01. The first kappa shape index (κ1) is 12.3. The largest absolute Gasteiger partial charge is 0.495 e. The number of aromatic nitrogens is 1. The van der Waals surface area contributed by atoms with Crippen LogP contribution in [0, 0.1) is 0 Å². The number of benzene rings is 1. The Balaban J connectivity index is 2.15. The summed E-state index contributed by atoms with van der Waals surface area (Å²) in [5.74, 6) is 1.30. The lowest BCUT2D eigenvalue weighted by Gasteiger charge is -2.21. The molecule has 1 aromatic heterocycles. The molecule has 0 unspecified atom stereocenters. The zero-order chi connectivity index (χ0) is 13.2. The van der Waals surface area contributed by atoms with Crippen LogP contribution in [0.25, 0.3) is 10.9 Å². The first-order valence-electron chi connectivity index (χ1n) is 6.99. The van der Waals surface area contributed by atoms with Crippen molar-refractivity contribution in [2.24, 2.45) is 0 Å². The summed E-state index contributed by atoms with van der Waals surface area (Å²) in [6.07, 6.45) is 7.18. The standard InChI is InChI=1S/C16H19NO2/c1-19-14-9-5-8-12-13(10-18)15(17-16(12)14)11-6-3-2-4-7-11/h5,8-11,17H,2-4,6-7H2,1H3. The second-order valence-corrected chi connectivity index (χ2v) is 5.29. The number of aldehydes is 1. The van der Waals surface area contributed by atoms with E-state index >= 15 is 0 Å². The summed E-state index contributed by atoms with van der Waals surface area (Å²) in [6.45, 7) is 0. The SMILES string of the molecule is COc1cccc2c(C=O)c(C3CCCCC3)[nH]c12. The number of para-hydroxylation sites is 1. The molecule has 3 rings (SSSR count). The molecule has 0 bridgehead atoms. The zero-order valence-corrected chi connectivity index (χ0v) is 11.2. The molecule has 3 nitrogen and oxygen atoms in total. The lowest BCUT2D eigenvalue weighted by atomic mass is 9.85. The van der Waals surface area contributed by atoms with Crippen LogP contribution in [-0.4, -0.2) is 18.4 Å². The number of carbonyl (C=O) groups is 1. The van der Waals surface area contributed by atoms with E-state index in [0.29, 0.717) is 5.92 Å². The number of hydrogen-bond donors (Lipinski definition) is 1. The summed E-state index contributed by atoms with van der Waals surface area (Å²) < 4.78 is 5.38. The van der Waals surface area contributed by atoms with E-state index in [1.165, 1.54) is 32.1 Å². The maximum absolute atomic E-state index is 11.5. The van der Waals surface area contributed by atoms with E-state index in [1.54, 1.807) is 7.11 Å². The molecular formula is C16H19NO2. The third kappa shape index (κ3) is 2.03. The van der Waals surface area contributed by atoms with E-state index in [1.807, 2.05) is 18.2 Å². The minimum absolute atomic E-state index is 0.492. The summed E-state index contributed by atoms with van der Waals surface area (Å²) in [6, 6.07) is 5.86. The fourth-order valence-corrected chi connectivity index (χ4v) is 3.24. The van der Waals surface area contributed by atoms with E-state index in [9.17, 15) is 4.79 Å². The van der Waals surface area contributed by atoms with Gasteiger partial charge in [0.05, 0.1) is 12.6 Å². The Morgan fingerprint density at radius 2 is 2.05 bits per heavy atom. The number of fused-ring (bicyclic) bond motifs is 1. The quantitative estimate of drug-likeness (QED) is 0.843. The molecule has 0 saturated heterocycles. The van der Waals surface area contributed by atoms with Crippen molar-refractivity contribution in [3.63, 3.8) is 0 Å². The molecule has 1 heterocycles. The number of hydrogen-bond acceptors (Lipinski definition) is 2. The van der Waals surface area contributed by atoms with Crippen LogP contribution in [0.2, 0.25) is 0 Å². The van der Waals surface area contributed by atoms with Crippen LogP contribution in [0.5, 0.6) is 5.75 Å². The highest BCUT2D eigenvalue weighted by Gasteiger charge is 2.22. The molecule has 0 aliphatic heterocycles. The van der Waals surface area contributed by atoms with Crippen LogP contribution in [0.3, 0.4) is 0 Å². The van der Waals surface area contributed by atoms with Crippen molar-refractivity contribution in [1.29, 1.82) is 0 Å². The molecule has 0 amide bonds. The van der Waals surface area contributed by atoms with Crippen LogP contribution >= 0.6 is 0 Å². The van der Waals surface area contributed by atoms with Crippen LogP contribution in [0.15, 0.2) is 18.2 Å². The molecule has 0 atom stereocenters. The van der Waals surface area contributed by atoms with Crippen molar-refractivity contribution in [3.05, 3.63) is 29.5 Å². The number of methoxy groups -OCH3 is 1. The maximum Gasteiger partial charge on any atom is 0.152 e. The number of H-pyrrole nitrogens is 1. The normalized spacial score (nSPS) is 16.7. The summed E-state index contributed by atoms with van der Waals surface area (Å²) in [7, 11) is 1.66. The first-order chi connectivity index (χ1) is 9.35. The lowest BCUT2D eigenvalue weighted by molar-refractivity contribution is 0.112. The minimum atomic E-state index is 0.492. The highest BCUT2D eigenvalue weighted by atomic mass is 16.5. The van der Waals surface area contributed by atoms with Gasteiger partial charge >= 0.3 is 0 Å². The Bertz CT molecular complexity index is 594. The molecule has 0 spiro atoms. The van der Waals surface area contributed by atoms with Gasteiger partial charge in [-0.1, -0.05) is 31.4 Å². The van der Waals surface area contributed by atoms with E-state index in [-0.39, 0.29) is 0 Å². The molecular weight excluding hydrogens is 238 g/mol. The molecule has 1 aromatic carbocycles. The van der Waals surface area contributed by atoms with E-state index in [0.717, 1.165) is 34.2 Å². The van der Waals surface area contributed by atoms with Gasteiger partial charge in [-0.25, -0.2) is 0 Å². The number of nitrogens with one attached hydrogen (secondary N) is 1. The summed E-state index contributed by atoms with van der Waals surface area (Å²) in [4.78, 5) is 14.9. The van der Waals surface area contributed by atoms with Crippen molar-refractivity contribution >= 4 is 17.2 Å². The number of carbonyl (C=O) groups excluding carboxylic acids is 1. The fourth-order valence-electron chi connectivity index (χ4n) is 3.24. The zero-order valence-electron chi connectivity index (χ0n) is 11.2. The Kier molecular flexibility index (Phi) is 3.28. The van der Waals surface area contributed by atoms with E-state index in [2.05, 4.69) is 4.98 Å². The molecule has 1 fully saturated rings. The molecule has 0 radical (unpaired) electrons. The van der Waals surface area contributed by atoms with Gasteiger partial charge in [-0.3, -0.25) is 4.79 Å². The van der Waals surface area contributed by atoms with Crippen molar-refractivity contribution < 1.29 is 9.53 Å². The Labute approximate surface area is 113 Å². The van der Waals surface area contributed by atoms with Crippen LogP contribution in [-0.2, 0) is 0 Å². The van der Waals surface area contributed by atoms with Gasteiger partial charge in [0.2, 0.25) is 0 Å². The second-order valence-electron chi connectivity index (χ2n) is 5.29. The van der Waals surface area contributed by atoms with Gasteiger partial charge in [0.25, 0.3) is 0 Å². The fraction of sp³-hybridized carbons (Fsp3) is 0.438. The Hall–Kier alpha value is -1.77. The highest BCUT2D eigenvalue weighted by Crippen LogP contribution is 2.38. The van der Waals surface area contributed by atoms with E-state index in [4.69, 9.17) is 4.74 Å². The van der Waals surface area contributed by atoms with Crippen molar-refractivity contribution in [3.8, 4) is 5.75 Å². The van der Waals surface area contributed by atoms with E-state index < -0.39 is 0 Å². The maximum atomic E-state index is 11.5. The predicted molar refractivity (Wildman–Crippen MR) is 76.1 cm³/mol. The molecule has 100 valence electrons. The predicted octanol–water partition coefficient (Wildman–Crippen LogP) is 4.04.